The van der Waals surface area contributed by atoms with E-state index in [-0.39, 0.29) is 5.69 Å². The summed E-state index contributed by atoms with van der Waals surface area (Å²) in [5.41, 5.74) is -0.0342. The van der Waals surface area contributed by atoms with Crippen molar-refractivity contribution in [3.8, 4) is 0 Å². The molecule has 2 rings (SSSR count). The molecule has 1 atom stereocenters. The lowest BCUT2D eigenvalue weighted by Gasteiger charge is -2.31. The lowest BCUT2D eigenvalue weighted by atomic mass is 9.80. The maximum Gasteiger partial charge on any atom is 0.358 e. The van der Waals surface area contributed by atoms with Crippen molar-refractivity contribution >= 4 is 5.97 Å². The molecule has 0 aliphatic heterocycles. The molecule has 1 aromatic rings. The molecule has 0 radical (unpaired) electrons. The lowest BCUT2D eigenvalue weighted by Crippen LogP contribution is -2.36. The van der Waals surface area contributed by atoms with Gasteiger partial charge in [0.05, 0.1) is 6.54 Å². The minimum absolute atomic E-state index is 0.0342. The van der Waals surface area contributed by atoms with Crippen molar-refractivity contribution in [1.82, 2.24) is 10.5 Å². The SMILES string of the molecule is CC(NCc1cc(C(=O)O)no1)C1CCC1. The van der Waals surface area contributed by atoms with Crippen LogP contribution < -0.4 is 5.32 Å². The molecule has 5 nitrogen and oxygen atoms in total. The number of hydrogen-bond acceptors (Lipinski definition) is 4. The van der Waals surface area contributed by atoms with Crippen LogP contribution in [0.4, 0.5) is 0 Å². The van der Waals surface area contributed by atoms with E-state index in [1.54, 1.807) is 0 Å². The van der Waals surface area contributed by atoms with E-state index in [0.717, 1.165) is 5.92 Å². The van der Waals surface area contributed by atoms with Gasteiger partial charge < -0.3 is 14.9 Å². The summed E-state index contributed by atoms with van der Waals surface area (Å²) in [7, 11) is 0. The minimum atomic E-state index is -1.05. The Morgan fingerprint density at radius 1 is 1.75 bits per heavy atom. The molecule has 1 aliphatic carbocycles. The molecule has 0 saturated heterocycles. The van der Waals surface area contributed by atoms with Crippen LogP contribution in [-0.4, -0.2) is 22.3 Å². The van der Waals surface area contributed by atoms with Crippen LogP contribution in [0.2, 0.25) is 0 Å². The molecule has 1 unspecified atom stereocenters. The number of carbonyl (C=O) groups is 1. The van der Waals surface area contributed by atoms with Gasteiger partial charge in [0.2, 0.25) is 0 Å². The third-order valence-corrected chi connectivity index (χ3v) is 3.23. The Balaban J connectivity index is 1.81. The number of nitrogens with one attached hydrogen (secondary N) is 1. The second kappa shape index (κ2) is 4.65. The Kier molecular flexibility index (Phi) is 3.24. The molecule has 1 aliphatic rings. The summed E-state index contributed by atoms with van der Waals surface area (Å²) < 4.78 is 4.91. The van der Waals surface area contributed by atoms with Crippen molar-refractivity contribution in [3.05, 3.63) is 17.5 Å². The van der Waals surface area contributed by atoms with Gasteiger partial charge in [0, 0.05) is 12.1 Å². The van der Waals surface area contributed by atoms with Crippen LogP contribution in [0.5, 0.6) is 0 Å². The average Bonchev–Trinajstić information content (AvgIpc) is 2.60. The van der Waals surface area contributed by atoms with Gasteiger partial charge in [-0.05, 0) is 25.7 Å². The highest BCUT2D eigenvalue weighted by Crippen LogP contribution is 2.29. The summed E-state index contributed by atoms with van der Waals surface area (Å²) in [5, 5.41) is 15.5. The highest BCUT2D eigenvalue weighted by Gasteiger charge is 2.23. The molecule has 1 heterocycles. The molecular formula is C11H16N2O3. The van der Waals surface area contributed by atoms with Crippen LogP contribution in [0.1, 0.15) is 42.4 Å². The fourth-order valence-corrected chi connectivity index (χ4v) is 1.87. The number of nitrogens with zero attached hydrogens (tertiary/aromatic N) is 1. The van der Waals surface area contributed by atoms with E-state index in [4.69, 9.17) is 9.63 Å². The van der Waals surface area contributed by atoms with Gasteiger partial charge in [-0.2, -0.15) is 0 Å². The van der Waals surface area contributed by atoms with E-state index in [2.05, 4.69) is 17.4 Å². The van der Waals surface area contributed by atoms with Crippen LogP contribution in [0.15, 0.2) is 10.6 Å². The maximum atomic E-state index is 10.6. The van der Waals surface area contributed by atoms with Gasteiger partial charge in [0.15, 0.2) is 11.5 Å². The van der Waals surface area contributed by atoms with E-state index in [0.29, 0.717) is 18.3 Å². The number of aromatic nitrogens is 1. The van der Waals surface area contributed by atoms with E-state index in [1.165, 1.54) is 25.3 Å². The van der Waals surface area contributed by atoms with Crippen molar-refractivity contribution in [1.29, 1.82) is 0 Å². The van der Waals surface area contributed by atoms with E-state index >= 15 is 0 Å². The van der Waals surface area contributed by atoms with Crippen LogP contribution in [0.25, 0.3) is 0 Å². The van der Waals surface area contributed by atoms with Gasteiger partial charge in [-0.15, -0.1) is 0 Å². The van der Waals surface area contributed by atoms with Gasteiger partial charge in [0.1, 0.15) is 0 Å². The Hall–Kier alpha value is -1.36. The molecule has 0 amide bonds. The van der Waals surface area contributed by atoms with E-state index in [1.807, 2.05) is 0 Å². The summed E-state index contributed by atoms with van der Waals surface area (Å²) >= 11 is 0. The Morgan fingerprint density at radius 3 is 3.00 bits per heavy atom. The van der Waals surface area contributed by atoms with Gasteiger partial charge in [-0.3, -0.25) is 0 Å². The Labute approximate surface area is 93.8 Å². The second-order valence-electron chi connectivity index (χ2n) is 4.34. The predicted octanol–water partition coefficient (Wildman–Crippen LogP) is 1.65. The summed E-state index contributed by atoms with van der Waals surface area (Å²) in [5.74, 6) is 0.271. The smallest absolute Gasteiger partial charge is 0.358 e. The number of carboxylic acids is 1. The fourth-order valence-electron chi connectivity index (χ4n) is 1.87. The zero-order valence-corrected chi connectivity index (χ0v) is 9.27. The molecule has 2 N–H and O–H groups in total. The molecule has 0 bridgehead atoms. The molecule has 0 aromatic carbocycles. The normalized spacial score (nSPS) is 18.1. The van der Waals surface area contributed by atoms with Crippen molar-refractivity contribution in [2.24, 2.45) is 5.92 Å². The standard InChI is InChI=1S/C11H16N2O3/c1-7(8-3-2-4-8)12-6-9-5-10(11(14)15)13-16-9/h5,7-8,12H,2-4,6H2,1H3,(H,14,15). The maximum absolute atomic E-state index is 10.6. The lowest BCUT2D eigenvalue weighted by molar-refractivity contribution is 0.0685. The molecule has 1 aromatic heterocycles. The highest BCUT2D eigenvalue weighted by molar-refractivity contribution is 5.85. The first-order valence-electron chi connectivity index (χ1n) is 5.59. The average molecular weight is 224 g/mol. The first kappa shape index (κ1) is 11.1. The highest BCUT2D eigenvalue weighted by atomic mass is 16.5. The predicted molar refractivity (Wildman–Crippen MR) is 57.1 cm³/mol. The van der Waals surface area contributed by atoms with Gasteiger partial charge >= 0.3 is 5.97 Å². The van der Waals surface area contributed by atoms with E-state index in [9.17, 15) is 4.79 Å². The Morgan fingerprint density at radius 2 is 2.50 bits per heavy atom. The van der Waals surface area contributed by atoms with Crippen molar-refractivity contribution in [2.45, 2.75) is 38.8 Å². The number of carboxylic acid groups (broad SMARTS) is 1. The van der Waals surface area contributed by atoms with Crippen LogP contribution in [-0.2, 0) is 6.54 Å². The molecule has 16 heavy (non-hydrogen) atoms. The monoisotopic (exact) mass is 224 g/mol. The van der Waals surface area contributed by atoms with Crippen LogP contribution in [0.3, 0.4) is 0 Å². The van der Waals surface area contributed by atoms with Crippen molar-refractivity contribution in [2.75, 3.05) is 0 Å². The molecule has 1 fully saturated rings. The third-order valence-electron chi connectivity index (χ3n) is 3.23. The second-order valence-corrected chi connectivity index (χ2v) is 4.34. The van der Waals surface area contributed by atoms with Crippen LogP contribution >= 0.6 is 0 Å². The first-order chi connectivity index (χ1) is 7.66. The molecule has 5 heteroatoms. The zero-order valence-electron chi connectivity index (χ0n) is 9.27. The quantitative estimate of drug-likeness (QED) is 0.795. The summed E-state index contributed by atoms with van der Waals surface area (Å²) in [6.07, 6.45) is 3.89. The Bertz CT molecular complexity index is 371. The fraction of sp³-hybridized carbons (Fsp3) is 0.636. The first-order valence-corrected chi connectivity index (χ1v) is 5.59. The largest absolute Gasteiger partial charge is 0.476 e. The molecular weight excluding hydrogens is 208 g/mol. The van der Waals surface area contributed by atoms with Gasteiger partial charge in [-0.25, -0.2) is 4.79 Å². The molecule has 1 saturated carbocycles. The van der Waals surface area contributed by atoms with Crippen molar-refractivity contribution < 1.29 is 14.4 Å². The number of hydrogen-bond donors (Lipinski definition) is 2. The minimum Gasteiger partial charge on any atom is -0.476 e. The summed E-state index contributed by atoms with van der Waals surface area (Å²) in [6, 6.07) is 1.91. The van der Waals surface area contributed by atoms with Crippen molar-refractivity contribution in [3.63, 3.8) is 0 Å². The summed E-state index contributed by atoms with van der Waals surface area (Å²) in [6.45, 7) is 2.69. The van der Waals surface area contributed by atoms with Gasteiger partial charge in [-0.1, -0.05) is 11.6 Å². The van der Waals surface area contributed by atoms with Gasteiger partial charge in [0.25, 0.3) is 0 Å². The third kappa shape index (κ3) is 2.41. The van der Waals surface area contributed by atoms with Crippen LogP contribution in [0, 0.1) is 5.92 Å². The number of aromatic carboxylic acids is 1. The zero-order chi connectivity index (χ0) is 11.5. The number of rotatable bonds is 5. The van der Waals surface area contributed by atoms with E-state index < -0.39 is 5.97 Å². The topological polar surface area (TPSA) is 75.4 Å². The molecule has 0 spiro atoms. The summed E-state index contributed by atoms with van der Waals surface area (Å²) in [4.78, 5) is 10.6. The molecule has 88 valence electrons.